The molecule has 40 heavy (non-hydrogen) atoms. The molecule has 0 spiro atoms. The van der Waals surface area contributed by atoms with E-state index in [4.69, 9.17) is 0 Å². The molecule has 3 atom stereocenters. The lowest BCUT2D eigenvalue weighted by atomic mass is 9.97. The van der Waals surface area contributed by atoms with Gasteiger partial charge in [0, 0.05) is 26.7 Å². The lowest BCUT2D eigenvalue weighted by Gasteiger charge is -2.35. The summed E-state index contributed by atoms with van der Waals surface area (Å²) in [5.74, 6) is -0.302. The zero-order chi connectivity index (χ0) is 28.2. The average molecular weight is 586 g/mol. The van der Waals surface area contributed by atoms with Crippen LogP contribution in [0, 0.1) is 5.92 Å². The second-order valence-corrected chi connectivity index (χ2v) is 12.2. The van der Waals surface area contributed by atoms with Gasteiger partial charge in [-0.1, -0.05) is 29.5 Å². The summed E-state index contributed by atoms with van der Waals surface area (Å²) >= 11 is 2.60. The van der Waals surface area contributed by atoms with Crippen molar-refractivity contribution in [3.8, 4) is 10.4 Å². The van der Waals surface area contributed by atoms with Crippen LogP contribution in [0.2, 0.25) is 0 Å². The standard InChI is InChI=1S/C28H26F3N5O2S2/c1-35(2)27-34-22(23(40-27)16-5-3-6-17(11-16)28(29,30)31)26(38)36-18-10-9-15(12-18)21(36)13-32-25(37)19-7-4-8-20-24(19)39-14-33-20/h3-8,11,14-15,18,21H,9-10,12-13H2,1-2H3,(H,32,37)/t15-,18+,21+/m1/s1. The molecule has 1 N–H and O–H groups in total. The number of piperidine rings is 1. The minimum Gasteiger partial charge on any atom is -0.354 e. The molecule has 0 radical (unpaired) electrons. The Balaban J connectivity index is 1.30. The number of anilines is 1. The Labute approximate surface area is 236 Å². The highest BCUT2D eigenvalue weighted by Crippen LogP contribution is 2.45. The molecule has 4 aromatic rings. The van der Waals surface area contributed by atoms with Gasteiger partial charge in [-0.05, 0) is 55.0 Å². The topological polar surface area (TPSA) is 78.4 Å². The number of hydrogen-bond acceptors (Lipinski definition) is 7. The molecule has 2 aromatic heterocycles. The van der Waals surface area contributed by atoms with E-state index in [2.05, 4.69) is 15.3 Å². The highest BCUT2D eigenvalue weighted by Gasteiger charge is 2.49. The molecule has 2 fully saturated rings. The number of carbonyl (C=O) groups is 2. The third-order valence-electron chi connectivity index (χ3n) is 7.70. The second-order valence-electron chi connectivity index (χ2n) is 10.4. The van der Waals surface area contributed by atoms with Crippen molar-refractivity contribution in [2.75, 3.05) is 25.5 Å². The summed E-state index contributed by atoms with van der Waals surface area (Å²) < 4.78 is 41.3. The van der Waals surface area contributed by atoms with Crippen LogP contribution in [0.3, 0.4) is 0 Å². The summed E-state index contributed by atoms with van der Waals surface area (Å²) in [6.07, 6.45) is -1.86. The first kappa shape index (κ1) is 26.7. The van der Waals surface area contributed by atoms with Crippen LogP contribution in [-0.4, -0.2) is 59.4 Å². The number of alkyl halides is 3. The first-order valence-corrected chi connectivity index (χ1v) is 14.6. The molecule has 2 bridgehead atoms. The average Bonchev–Trinajstić information content (AvgIpc) is 3.73. The Bertz CT molecular complexity index is 1600. The van der Waals surface area contributed by atoms with Crippen LogP contribution in [-0.2, 0) is 6.18 Å². The molecule has 12 heteroatoms. The van der Waals surface area contributed by atoms with Crippen LogP contribution in [0.4, 0.5) is 18.3 Å². The molecule has 1 saturated carbocycles. The van der Waals surface area contributed by atoms with Crippen molar-refractivity contribution < 1.29 is 22.8 Å². The number of rotatable bonds is 6. The fraction of sp³-hybridized carbons (Fsp3) is 0.357. The summed E-state index contributed by atoms with van der Waals surface area (Å²) in [5.41, 5.74) is 2.68. The van der Waals surface area contributed by atoms with Gasteiger partial charge >= 0.3 is 6.18 Å². The van der Waals surface area contributed by atoms with Gasteiger partial charge in [0.05, 0.1) is 37.8 Å². The number of hydrogen-bond donors (Lipinski definition) is 1. The monoisotopic (exact) mass is 585 g/mol. The molecule has 208 valence electrons. The molecule has 2 amide bonds. The summed E-state index contributed by atoms with van der Waals surface area (Å²) in [4.78, 5) is 40.1. The van der Waals surface area contributed by atoms with E-state index in [0.29, 0.717) is 21.1 Å². The van der Waals surface area contributed by atoms with Crippen molar-refractivity contribution in [1.29, 1.82) is 0 Å². The molecule has 2 aliphatic rings. The molecule has 1 aliphatic heterocycles. The number of amides is 2. The fourth-order valence-electron chi connectivity index (χ4n) is 5.83. The van der Waals surface area contributed by atoms with Crippen molar-refractivity contribution in [2.24, 2.45) is 5.92 Å². The number of fused-ring (bicyclic) bond motifs is 3. The number of benzene rings is 2. The number of nitrogens with one attached hydrogen (secondary N) is 1. The highest BCUT2D eigenvalue weighted by atomic mass is 32.1. The van der Waals surface area contributed by atoms with E-state index < -0.39 is 11.7 Å². The van der Waals surface area contributed by atoms with Gasteiger partial charge in [-0.3, -0.25) is 9.59 Å². The number of halogens is 3. The SMILES string of the molecule is CN(C)c1nc(C(=O)N2[C@H]3CC[C@H](C3)[C@@H]2CNC(=O)c2cccc3ncsc23)c(-c2cccc(C(F)(F)F)c2)s1. The Kier molecular flexibility index (Phi) is 6.78. The van der Waals surface area contributed by atoms with Crippen LogP contribution in [0.5, 0.6) is 0 Å². The molecule has 1 aliphatic carbocycles. The molecule has 1 saturated heterocycles. The quantitative estimate of drug-likeness (QED) is 0.304. The largest absolute Gasteiger partial charge is 0.416 e. The molecule has 0 unspecified atom stereocenters. The van der Waals surface area contributed by atoms with Crippen molar-refractivity contribution in [2.45, 2.75) is 37.5 Å². The lowest BCUT2D eigenvalue weighted by Crippen LogP contribution is -2.50. The first-order valence-electron chi connectivity index (χ1n) is 12.9. The maximum absolute atomic E-state index is 14.1. The van der Waals surface area contributed by atoms with Gasteiger partial charge in [-0.25, -0.2) is 9.97 Å². The number of likely N-dealkylation sites (tertiary alicyclic amines) is 1. The van der Waals surface area contributed by atoms with Crippen LogP contribution >= 0.6 is 22.7 Å². The van der Waals surface area contributed by atoms with Crippen molar-refractivity contribution >= 4 is 49.8 Å². The number of nitrogens with zero attached hydrogens (tertiary/aromatic N) is 4. The minimum atomic E-state index is -4.50. The third-order valence-corrected chi connectivity index (χ3v) is 9.85. The zero-order valence-electron chi connectivity index (χ0n) is 21.7. The molecule has 2 aromatic carbocycles. The summed E-state index contributed by atoms with van der Waals surface area (Å²) in [7, 11) is 3.56. The van der Waals surface area contributed by atoms with Crippen LogP contribution in [0.25, 0.3) is 20.7 Å². The Morgan fingerprint density at radius 1 is 1.15 bits per heavy atom. The van der Waals surface area contributed by atoms with E-state index in [-0.39, 0.29) is 42.1 Å². The molecular formula is C28H26F3N5O2S2. The number of thiazole rings is 2. The van der Waals surface area contributed by atoms with E-state index in [0.717, 1.165) is 41.6 Å². The Hall–Kier alpha value is -3.51. The molecule has 7 nitrogen and oxygen atoms in total. The first-order chi connectivity index (χ1) is 19.1. The smallest absolute Gasteiger partial charge is 0.354 e. The molecular weight excluding hydrogens is 559 g/mol. The van der Waals surface area contributed by atoms with Crippen LogP contribution in [0.15, 0.2) is 48.0 Å². The van der Waals surface area contributed by atoms with Crippen LogP contribution in [0.1, 0.15) is 45.7 Å². The van der Waals surface area contributed by atoms with Gasteiger partial charge in [0.1, 0.15) is 5.69 Å². The maximum Gasteiger partial charge on any atom is 0.416 e. The highest BCUT2D eigenvalue weighted by molar-refractivity contribution is 7.19. The van der Waals surface area contributed by atoms with E-state index in [9.17, 15) is 22.8 Å². The Morgan fingerprint density at radius 2 is 1.95 bits per heavy atom. The van der Waals surface area contributed by atoms with Gasteiger partial charge in [-0.2, -0.15) is 13.2 Å². The summed E-state index contributed by atoms with van der Waals surface area (Å²) in [6.45, 7) is 0.282. The molecule has 3 heterocycles. The second kappa shape index (κ2) is 10.2. The normalized spacial score (nSPS) is 20.3. The van der Waals surface area contributed by atoms with Crippen LogP contribution < -0.4 is 10.2 Å². The van der Waals surface area contributed by atoms with E-state index in [1.165, 1.54) is 28.7 Å². The van der Waals surface area contributed by atoms with Gasteiger partial charge in [-0.15, -0.1) is 11.3 Å². The van der Waals surface area contributed by atoms with Gasteiger partial charge < -0.3 is 15.1 Å². The lowest BCUT2D eigenvalue weighted by molar-refractivity contribution is -0.137. The van der Waals surface area contributed by atoms with Gasteiger partial charge in [0.25, 0.3) is 11.8 Å². The Morgan fingerprint density at radius 3 is 2.73 bits per heavy atom. The van der Waals surface area contributed by atoms with Gasteiger partial charge in [0.2, 0.25) is 0 Å². The van der Waals surface area contributed by atoms with E-state index >= 15 is 0 Å². The third kappa shape index (κ3) is 4.72. The zero-order valence-corrected chi connectivity index (χ0v) is 23.4. The fourth-order valence-corrected chi connectivity index (χ4v) is 7.61. The number of carbonyl (C=O) groups excluding carboxylic acids is 2. The number of aromatic nitrogens is 2. The van der Waals surface area contributed by atoms with E-state index in [1.807, 2.05) is 11.0 Å². The predicted octanol–water partition coefficient (Wildman–Crippen LogP) is 5.93. The molecule has 6 rings (SSSR count). The van der Waals surface area contributed by atoms with Crippen molar-refractivity contribution in [1.82, 2.24) is 20.2 Å². The predicted molar refractivity (Wildman–Crippen MR) is 150 cm³/mol. The van der Waals surface area contributed by atoms with E-state index in [1.54, 1.807) is 42.7 Å². The summed E-state index contributed by atoms with van der Waals surface area (Å²) in [6, 6.07) is 10.2. The van der Waals surface area contributed by atoms with Crippen molar-refractivity contribution in [3.05, 3.63) is 64.8 Å². The van der Waals surface area contributed by atoms with Gasteiger partial charge in [0.15, 0.2) is 5.13 Å². The minimum absolute atomic E-state index is 0.00296. The summed E-state index contributed by atoms with van der Waals surface area (Å²) in [5, 5.41) is 3.56. The maximum atomic E-state index is 14.1. The van der Waals surface area contributed by atoms with Crippen molar-refractivity contribution in [3.63, 3.8) is 0 Å².